The molecule has 1 aromatic heterocycles. The van der Waals surface area contributed by atoms with Gasteiger partial charge in [-0.25, -0.2) is 9.48 Å². The number of hydrogen-bond donors (Lipinski definition) is 1. The van der Waals surface area contributed by atoms with Crippen LogP contribution in [0, 0.1) is 5.92 Å². The zero-order valence-corrected chi connectivity index (χ0v) is 11.4. The highest BCUT2D eigenvalue weighted by Gasteiger charge is 2.36. The fourth-order valence-corrected chi connectivity index (χ4v) is 3.32. The number of aromatic nitrogens is 3. The van der Waals surface area contributed by atoms with Gasteiger partial charge in [-0.3, -0.25) is 0 Å². The lowest BCUT2D eigenvalue weighted by Gasteiger charge is -2.29. The minimum absolute atomic E-state index is 0.182. The molecule has 5 nitrogen and oxygen atoms in total. The van der Waals surface area contributed by atoms with Crippen molar-refractivity contribution in [3.63, 3.8) is 0 Å². The van der Waals surface area contributed by atoms with Gasteiger partial charge in [-0.15, -0.1) is 5.10 Å². The molecule has 0 saturated heterocycles. The Labute approximate surface area is 113 Å². The number of aromatic carboxylic acids is 1. The van der Waals surface area contributed by atoms with Crippen LogP contribution in [-0.2, 0) is 0 Å². The SMILES string of the molecule is CCC1CCCC(n2nnc(C(=O)O)c2C2CC2)C1. The maximum absolute atomic E-state index is 11.3. The second-order valence-corrected chi connectivity index (χ2v) is 5.94. The Bertz CT molecular complexity index is 479. The summed E-state index contributed by atoms with van der Waals surface area (Å²) in [7, 11) is 0. The van der Waals surface area contributed by atoms with E-state index in [1.807, 2.05) is 4.68 Å². The molecule has 0 aliphatic heterocycles. The number of nitrogens with zero attached hydrogens (tertiary/aromatic N) is 3. The highest BCUT2D eigenvalue weighted by atomic mass is 16.4. The molecule has 0 bridgehead atoms. The van der Waals surface area contributed by atoms with E-state index in [1.54, 1.807) is 0 Å². The van der Waals surface area contributed by atoms with E-state index in [-0.39, 0.29) is 5.69 Å². The molecule has 0 aromatic carbocycles. The summed E-state index contributed by atoms with van der Waals surface area (Å²) in [5.74, 6) is 0.197. The Hall–Kier alpha value is -1.39. The van der Waals surface area contributed by atoms with Crippen molar-refractivity contribution in [2.45, 2.75) is 63.8 Å². The average molecular weight is 263 g/mol. The Morgan fingerprint density at radius 2 is 2.16 bits per heavy atom. The van der Waals surface area contributed by atoms with Crippen molar-refractivity contribution < 1.29 is 9.90 Å². The number of rotatable bonds is 4. The highest BCUT2D eigenvalue weighted by molar-refractivity contribution is 5.86. The molecule has 2 atom stereocenters. The second kappa shape index (κ2) is 4.94. The largest absolute Gasteiger partial charge is 0.476 e. The Kier molecular flexibility index (Phi) is 3.29. The molecule has 104 valence electrons. The van der Waals surface area contributed by atoms with Crippen LogP contribution < -0.4 is 0 Å². The summed E-state index contributed by atoms with van der Waals surface area (Å²) >= 11 is 0. The minimum Gasteiger partial charge on any atom is -0.476 e. The van der Waals surface area contributed by atoms with Crippen LogP contribution in [0.1, 0.15) is 80.0 Å². The summed E-state index contributed by atoms with van der Waals surface area (Å²) in [6.45, 7) is 2.23. The molecule has 2 saturated carbocycles. The van der Waals surface area contributed by atoms with Gasteiger partial charge in [-0.05, 0) is 31.6 Å². The average Bonchev–Trinajstić information content (AvgIpc) is 3.16. The third-order valence-electron chi connectivity index (χ3n) is 4.58. The van der Waals surface area contributed by atoms with Crippen LogP contribution >= 0.6 is 0 Å². The molecule has 19 heavy (non-hydrogen) atoms. The van der Waals surface area contributed by atoms with Gasteiger partial charge in [0.25, 0.3) is 0 Å². The molecule has 2 unspecified atom stereocenters. The van der Waals surface area contributed by atoms with E-state index in [2.05, 4.69) is 17.2 Å². The lowest BCUT2D eigenvalue weighted by molar-refractivity contribution is 0.0689. The van der Waals surface area contributed by atoms with Gasteiger partial charge < -0.3 is 5.11 Å². The Balaban J connectivity index is 1.89. The normalized spacial score (nSPS) is 27.4. The lowest BCUT2D eigenvalue weighted by Crippen LogP contribution is -2.21. The predicted octanol–water partition coefficient (Wildman–Crippen LogP) is 3.00. The molecule has 1 aromatic rings. The maximum Gasteiger partial charge on any atom is 0.358 e. The number of carbonyl (C=O) groups is 1. The van der Waals surface area contributed by atoms with Crippen LogP contribution in [0.3, 0.4) is 0 Å². The highest BCUT2D eigenvalue weighted by Crippen LogP contribution is 2.44. The fourth-order valence-electron chi connectivity index (χ4n) is 3.32. The molecule has 3 rings (SSSR count). The molecule has 1 N–H and O–H groups in total. The van der Waals surface area contributed by atoms with Crippen LogP contribution in [0.2, 0.25) is 0 Å². The monoisotopic (exact) mass is 263 g/mol. The van der Waals surface area contributed by atoms with E-state index in [4.69, 9.17) is 0 Å². The predicted molar refractivity (Wildman–Crippen MR) is 70.2 cm³/mol. The molecular weight excluding hydrogens is 242 g/mol. The van der Waals surface area contributed by atoms with Gasteiger partial charge >= 0.3 is 5.97 Å². The quantitative estimate of drug-likeness (QED) is 0.906. The molecule has 2 aliphatic rings. The van der Waals surface area contributed by atoms with Crippen molar-refractivity contribution in [3.8, 4) is 0 Å². The van der Waals surface area contributed by atoms with Crippen molar-refractivity contribution in [2.24, 2.45) is 5.92 Å². The number of hydrogen-bond acceptors (Lipinski definition) is 3. The summed E-state index contributed by atoms with van der Waals surface area (Å²) in [4.78, 5) is 11.3. The van der Waals surface area contributed by atoms with Crippen LogP contribution in [0.5, 0.6) is 0 Å². The van der Waals surface area contributed by atoms with Gasteiger partial charge in [0.1, 0.15) is 0 Å². The molecule has 0 radical (unpaired) electrons. The molecular formula is C14H21N3O2. The van der Waals surface area contributed by atoms with E-state index in [0.29, 0.717) is 12.0 Å². The first-order chi connectivity index (χ1) is 9.20. The first-order valence-corrected chi connectivity index (χ1v) is 7.39. The molecule has 1 heterocycles. The van der Waals surface area contributed by atoms with Gasteiger partial charge in [-0.1, -0.05) is 31.4 Å². The second-order valence-electron chi connectivity index (χ2n) is 5.94. The first-order valence-electron chi connectivity index (χ1n) is 7.39. The van der Waals surface area contributed by atoms with Crippen molar-refractivity contribution >= 4 is 5.97 Å². The van der Waals surface area contributed by atoms with Gasteiger partial charge in [-0.2, -0.15) is 0 Å². The van der Waals surface area contributed by atoms with Crippen LogP contribution in [0.4, 0.5) is 0 Å². The van der Waals surface area contributed by atoms with E-state index in [0.717, 1.165) is 37.3 Å². The van der Waals surface area contributed by atoms with E-state index in [1.165, 1.54) is 19.3 Å². The fraction of sp³-hybridized carbons (Fsp3) is 0.786. The van der Waals surface area contributed by atoms with Crippen LogP contribution in [-0.4, -0.2) is 26.1 Å². The molecule has 2 fully saturated rings. The van der Waals surface area contributed by atoms with Crippen molar-refractivity contribution in [1.82, 2.24) is 15.0 Å². The van der Waals surface area contributed by atoms with Crippen LogP contribution in [0.25, 0.3) is 0 Å². The zero-order chi connectivity index (χ0) is 13.4. The summed E-state index contributed by atoms with van der Waals surface area (Å²) < 4.78 is 1.95. The lowest BCUT2D eigenvalue weighted by atomic mass is 9.84. The van der Waals surface area contributed by atoms with E-state index < -0.39 is 5.97 Å². The van der Waals surface area contributed by atoms with Gasteiger partial charge in [0.15, 0.2) is 5.69 Å². The number of carboxylic acids is 1. The Morgan fingerprint density at radius 1 is 1.37 bits per heavy atom. The van der Waals surface area contributed by atoms with Crippen LogP contribution in [0.15, 0.2) is 0 Å². The van der Waals surface area contributed by atoms with Crippen molar-refractivity contribution in [1.29, 1.82) is 0 Å². The van der Waals surface area contributed by atoms with Crippen molar-refractivity contribution in [2.75, 3.05) is 0 Å². The third-order valence-corrected chi connectivity index (χ3v) is 4.58. The summed E-state index contributed by atoms with van der Waals surface area (Å²) in [5, 5.41) is 17.3. The molecule has 0 spiro atoms. The molecule has 2 aliphatic carbocycles. The zero-order valence-electron chi connectivity index (χ0n) is 11.4. The molecule has 5 heteroatoms. The maximum atomic E-state index is 11.3. The minimum atomic E-state index is -0.934. The number of carboxylic acid groups (broad SMARTS) is 1. The first kappa shape index (κ1) is 12.6. The van der Waals surface area contributed by atoms with Gasteiger partial charge in [0, 0.05) is 5.92 Å². The smallest absolute Gasteiger partial charge is 0.358 e. The summed E-state index contributed by atoms with van der Waals surface area (Å²) in [6, 6.07) is 0.356. The van der Waals surface area contributed by atoms with Crippen molar-refractivity contribution in [3.05, 3.63) is 11.4 Å². The third kappa shape index (κ3) is 2.38. The topological polar surface area (TPSA) is 68.0 Å². The molecule has 0 amide bonds. The summed E-state index contributed by atoms with van der Waals surface area (Å²) in [6.07, 6.45) is 8.12. The van der Waals surface area contributed by atoms with Gasteiger partial charge in [0.2, 0.25) is 0 Å². The standard InChI is InChI=1S/C14H21N3O2/c1-2-9-4-3-5-11(8-9)17-13(10-6-7-10)12(14(18)19)15-16-17/h9-11H,2-8H2,1H3,(H,18,19). The van der Waals surface area contributed by atoms with Gasteiger partial charge in [0.05, 0.1) is 11.7 Å². The van der Waals surface area contributed by atoms with E-state index in [9.17, 15) is 9.90 Å². The van der Waals surface area contributed by atoms with E-state index >= 15 is 0 Å². The summed E-state index contributed by atoms with van der Waals surface area (Å²) in [5.41, 5.74) is 1.07. The Morgan fingerprint density at radius 3 is 2.79 bits per heavy atom.